The third-order valence-electron chi connectivity index (χ3n) is 1.70. The molecule has 0 aliphatic heterocycles. The van der Waals surface area contributed by atoms with Gasteiger partial charge in [0, 0.05) is 0 Å². The van der Waals surface area contributed by atoms with Gasteiger partial charge < -0.3 is 0 Å². The van der Waals surface area contributed by atoms with Crippen LogP contribution in [0.3, 0.4) is 0 Å². The van der Waals surface area contributed by atoms with Crippen molar-refractivity contribution in [1.82, 2.24) is 9.97 Å². The van der Waals surface area contributed by atoms with Gasteiger partial charge in [0.15, 0.2) is 5.82 Å². The highest BCUT2D eigenvalue weighted by Crippen LogP contribution is 2.17. The third-order valence-corrected chi connectivity index (χ3v) is 1.70. The molecule has 2 nitrogen and oxygen atoms in total. The number of rotatable bonds is 1. The van der Waals surface area contributed by atoms with Crippen LogP contribution >= 0.6 is 0 Å². The Hall–Kier alpha value is -0.990. The van der Waals surface area contributed by atoms with E-state index in [0.29, 0.717) is 17.2 Å². The Kier molecular flexibility index (Phi) is 2.40. The average Bonchev–Trinajstić information content (AvgIpc) is 1.96. The van der Waals surface area contributed by atoms with Crippen LogP contribution in [0, 0.1) is 19.7 Å². The Morgan fingerprint density at radius 2 is 1.75 bits per heavy atom. The second kappa shape index (κ2) is 3.17. The molecule has 12 heavy (non-hydrogen) atoms. The minimum Gasteiger partial charge on any atom is -0.235 e. The minimum atomic E-state index is -0.268. The van der Waals surface area contributed by atoms with Crippen molar-refractivity contribution in [2.24, 2.45) is 0 Å². The smallest absolute Gasteiger partial charge is 0.166 e. The molecule has 0 radical (unpaired) electrons. The van der Waals surface area contributed by atoms with E-state index < -0.39 is 0 Å². The van der Waals surface area contributed by atoms with Crippen LogP contribution in [0.15, 0.2) is 0 Å². The number of nitrogens with zero attached hydrogens (tertiary/aromatic N) is 2. The first-order valence-corrected chi connectivity index (χ1v) is 4.03. The number of aromatic nitrogens is 2. The molecule has 0 amide bonds. The van der Waals surface area contributed by atoms with E-state index in [0.717, 1.165) is 0 Å². The highest BCUT2D eigenvalue weighted by molar-refractivity contribution is 5.15. The Balaban J connectivity index is 3.28. The zero-order valence-corrected chi connectivity index (χ0v) is 7.85. The summed E-state index contributed by atoms with van der Waals surface area (Å²) < 4.78 is 13.3. The fourth-order valence-corrected chi connectivity index (χ4v) is 1.11. The SMILES string of the molecule is Cc1nc(C)c(F)c(C(C)C)n1. The molecule has 0 fully saturated rings. The molecular formula is C9H13FN2. The molecule has 1 aromatic rings. The first kappa shape index (κ1) is 9.10. The molecule has 0 spiro atoms. The summed E-state index contributed by atoms with van der Waals surface area (Å²) in [6.45, 7) is 7.28. The Morgan fingerprint density at radius 3 is 2.25 bits per heavy atom. The van der Waals surface area contributed by atoms with Crippen LogP contribution in [-0.2, 0) is 0 Å². The zero-order chi connectivity index (χ0) is 9.30. The molecule has 0 aliphatic carbocycles. The van der Waals surface area contributed by atoms with Crippen LogP contribution in [0.25, 0.3) is 0 Å². The largest absolute Gasteiger partial charge is 0.235 e. The van der Waals surface area contributed by atoms with Gasteiger partial charge in [-0.1, -0.05) is 13.8 Å². The van der Waals surface area contributed by atoms with Crippen molar-refractivity contribution in [2.75, 3.05) is 0 Å². The molecule has 0 bridgehead atoms. The van der Waals surface area contributed by atoms with Gasteiger partial charge in [0.2, 0.25) is 0 Å². The van der Waals surface area contributed by atoms with Gasteiger partial charge >= 0.3 is 0 Å². The molecular weight excluding hydrogens is 155 g/mol. The van der Waals surface area contributed by atoms with Crippen LogP contribution in [0.2, 0.25) is 0 Å². The summed E-state index contributed by atoms with van der Waals surface area (Å²) in [4.78, 5) is 7.98. The number of halogens is 1. The maximum absolute atomic E-state index is 13.3. The quantitative estimate of drug-likeness (QED) is 0.643. The van der Waals surface area contributed by atoms with E-state index in [-0.39, 0.29) is 11.7 Å². The zero-order valence-electron chi connectivity index (χ0n) is 7.85. The van der Waals surface area contributed by atoms with Gasteiger partial charge in [-0.25, -0.2) is 14.4 Å². The molecule has 0 saturated carbocycles. The molecule has 1 heterocycles. The Morgan fingerprint density at radius 1 is 1.17 bits per heavy atom. The Labute approximate surface area is 71.9 Å². The van der Waals surface area contributed by atoms with Crippen molar-refractivity contribution < 1.29 is 4.39 Å². The van der Waals surface area contributed by atoms with Crippen LogP contribution in [0.1, 0.15) is 37.0 Å². The van der Waals surface area contributed by atoms with E-state index in [1.807, 2.05) is 13.8 Å². The van der Waals surface area contributed by atoms with Gasteiger partial charge in [-0.15, -0.1) is 0 Å². The third kappa shape index (κ3) is 1.60. The lowest BCUT2D eigenvalue weighted by Crippen LogP contribution is -2.04. The molecule has 0 atom stereocenters. The minimum absolute atomic E-state index is 0.116. The summed E-state index contributed by atoms with van der Waals surface area (Å²) in [5.74, 6) is 0.485. The van der Waals surface area contributed by atoms with Gasteiger partial charge in [0.1, 0.15) is 5.82 Å². The van der Waals surface area contributed by atoms with Gasteiger partial charge in [-0.3, -0.25) is 0 Å². The van der Waals surface area contributed by atoms with Crippen molar-refractivity contribution in [3.05, 3.63) is 23.0 Å². The van der Waals surface area contributed by atoms with Crippen molar-refractivity contribution in [3.63, 3.8) is 0 Å². The van der Waals surface area contributed by atoms with Crippen LogP contribution in [-0.4, -0.2) is 9.97 Å². The van der Waals surface area contributed by atoms with Crippen LogP contribution in [0.4, 0.5) is 4.39 Å². The fourth-order valence-electron chi connectivity index (χ4n) is 1.11. The highest BCUT2D eigenvalue weighted by atomic mass is 19.1. The van der Waals surface area contributed by atoms with Crippen LogP contribution in [0.5, 0.6) is 0 Å². The number of aryl methyl sites for hydroxylation is 2. The summed E-state index contributed by atoms with van der Waals surface area (Å²) in [7, 11) is 0. The molecule has 1 aromatic heterocycles. The van der Waals surface area contributed by atoms with Crippen molar-refractivity contribution >= 4 is 0 Å². The summed E-state index contributed by atoms with van der Waals surface area (Å²) in [5.41, 5.74) is 0.950. The second-order valence-electron chi connectivity index (χ2n) is 3.21. The lowest BCUT2D eigenvalue weighted by atomic mass is 10.1. The molecule has 0 saturated heterocycles. The van der Waals surface area contributed by atoms with Crippen molar-refractivity contribution in [2.45, 2.75) is 33.6 Å². The van der Waals surface area contributed by atoms with Crippen LogP contribution < -0.4 is 0 Å². The maximum atomic E-state index is 13.3. The average molecular weight is 168 g/mol. The normalized spacial score (nSPS) is 10.8. The molecule has 0 aliphatic rings. The van der Waals surface area contributed by atoms with E-state index in [4.69, 9.17) is 0 Å². The van der Waals surface area contributed by atoms with E-state index in [2.05, 4.69) is 9.97 Å². The predicted octanol–water partition coefficient (Wildman–Crippen LogP) is 2.36. The summed E-state index contributed by atoms with van der Waals surface area (Å²) in [6.07, 6.45) is 0. The van der Waals surface area contributed by atoms with E-state index in [1.54, 1.807) is 13.8 Å². The van der Waals surface area contributed by atoms with E-state index >= 15 is 0 Å². The van der Waals surface area contributed by atoms with E-state index in [1.165, 1.54) is 0 Å². The maximum Gasteiger partial charge on any atom is 0.166 e. The van der Waals surface area contributed by atoms with Gasteiger partial charge in [-0.05, 0) is 19.8 Å². The predicted molar refractivity (Wildman–Crippen MR) is 45.6 cm³/mol. The molecule has 3 heteroatoms. The summed E-state index contributed by atoms with van der Waals surface area (Å²) in [5, 5.41) is 0. The van der Waals surface area contributed by atoms with Crippen molar-refractivity contribution in [1.29, 1.82) is 0 Å². The first-order chi connectivity index (χ1) is 5.52. The summed E-state index contributed by atoms with van der Waals surface area (Å²) in [6, 6.07) is 0. The van der Waals surface area contributed by atoms with Gasteiger partial charge in [0.25, 0.3) is 0 Å². The molecule has 0 unspecified atom stereocenters. The molecule has 0 aromatic carbocycles. The molecule has 1 rings (SSSR count). The first-order valence-electron chi connectivity index (χ1n) is 4.03. The van der Waals surface area contributed by atoms with Gasteiger partial charge in [0.05, 0.1) is 11.4 Å². The Bertz CT molecular complexity index is 295. The molecule has 0 N–H and O–H groups in total. The molecule has 66 valence electrons. The fraction of sp³-hybridized carbons (Fsp3) is 0.556. The number of hydrogen-bond acceptors (Lipinski definition) is 2. The van der Waals surface area contributed by atoms with Gasteiger partial charge in [-0.2, -0.15) is 0 Å². The monoisotopic (exact) mass is 168 g/mol. The lowest BCUT2D eigenvalue weighted by Gasteiger charge is -2.07. The van der Waals surface area contributed by atoms with E-state index in [9.17, 15) is 4.39 Å². The standard InChI is InChI=1S/C9H13FN2/c1-5(2)9-8(10)6(3)11-7(4)12-9/h5H,1-4H3. The highest BCUT2D eigenvalue weighted by Gasteiger charge is 2.12. The van der Waals surface area contributed by atoms with Crippen molar-refractivity contribution in [3.8, 4) is 0 Å². The topological polar surface area (TPSA) is 25.8 Å². The lowest BCUT2D eigenvalue weighted by molar-refractivity contribution is 0.562. The number of hydrogen-bond donors (Lipinski definition) is 0. The summed E-state index contributed by atoms with van der Waals surface area (Å²) >= 11 is 0. The second-order valence-corrected chi connectivity index (χ2v) is 3.21.